The van der Waals surface area contributed by atoms with Crippen molar-refractivity contribution in [2.45, 2.75) is 93.1 Å². The van der Waals surface area contributed by atoms with E-state index in [1.807, 2.05) is 30.6 Å². The number of nitrogens with zero attached hydrogens (tertiary/aromatic N) is 3. The maximum atomic E-state index is 14.5. The predicted octanol–water partition coefficient (Wildman–Crippen LogP) is 4.49. The van der Waals surface area contributed by atoms with E-state index in [1.54, 1.807) is 28.8 Å². The van der Waals surface area contributed by atoms with Crippen molar-refractivity contribution >= 4 is 45.4 Å². The van der Waals surface area contributed by atoms with Gasteiger partial charge >= 0.3 is 0 Å². The minimum Gasteiger partial charge on any atom is -0.394 e. The first-order chi connectivity index (χ1) is 18.7. The van der Waals surface area contributed by atoms with Gasteiger partial charge in [0.15, 0.2) is 0 Å². The Morgan fingerprint density at radius 3 is 2.31 bits per heavy atom. The Balaban J connectivity index is 2.12. The summed E-state index contributed by atoms with van der Waals surface area (Å²) < 4.78 is -0.718. The Bertz CT molecular complexity index is 919. The molecule has 0 aromatic rings. The summed E-state index contributed by atoms with van der Waals surface area (Å²) in [5, 5.41) is 10.5. The van der Waals surface area contributed by atoms with E-state index < -0.39 is 28.7 Å². The fourth-order valence-corrected chi connectivity index (χ4v) is 10.5. The average Bonchev–Trinajstić information content (AvgIpc) is 3.51. The molecule has 0 radical (unpaired) electrons. The summed E-state index contributed by atoms with van der Waals surface area (Å²) in [6, 6.07) is -1.21. The van der Waals surface area contributed by atoms with Gasteiger partial charge in [-0.2, -0.15) is 0 Å². The molecule has 3 fully saturated rings. The van der Waals surface area contributed by atoms with E-state index in [0.717, 1.165) is 32.1 Å². The summed E-state index contributed by atoms with van der Waals surface area (Å²) >= 11 is 5.53. The number of thioether (sulfide) groups is 1. The highest BCUT2D eigenvalue weighted by atomic mass is 79.9. The molecule has 1 spiro atoms. The van der Waals surface area contributed by atoms with Crippen molar-refractivity contribution in [1.82, 2.24) is 14.7 Å². The molecule has 220 valence electrons. The van der Waals surface area contributed by atoms with E-state index in [4.69, 9.17) is 0 Å². The van der Waals surface area contributed by atoms with Crippen LogP contribution in [0.5, 0.6) is 0 Å². The molecular weight excluding hydrogens is 578 g/mol. The number of carbonyl (C=O) groups is 3. The molecule has 7 nitrogen and oxygen atoms in total. The molecule has 3 aliphatic rings. The van der Waals surface area contributed by atoms with Crippen LogP contribution in [0.3, 0.4) is 0 Å². The van der Waals surface area contributed by atoms with Gasteiger partial charge in [0.2, 0.25) is 17.7 Å². The minimum atomic E-state index is -0.727. The number of fused-ring (bicyclic) bond motifs is 1. The average molecular weight is 627 g/mol. The zero-order valence-electron chi connectivity index (χ0n) is 24.2. The van der Waals surface area contributed by atoms with Crippen molar-refractivity contribution in [3.8, 4) is 0 Å². The molecule has 8 atom stereocenters. The lowest BCUT2D eigenvalue weighted by atomic mass is 9.70. The fraction of sp³-hybridized carbons (Fsp3) is 0.767. The van der Waals surface area contributed by atoms with Gasteiger partial charge < -0.3 is 19.8 Å². The Morgan fingerprint density at radius 2 is 1.77 bits per heavy atom. The zero-order valence-corrected chi connectivity index (χ0v) is 26.6. The number of aliphatic hydroxyl groups excluding tert-OH is 1. The smallest absolute Gasteiger partial charge is 0.247 e. The normalized spacial score (nSPS) is 30.7. The van der Waals surface area contributed by atoms with Crippen molar-refractivity contribution < 1.29 is 19.5 Å². The summed E-state index contributed by atoms with van der Waals surface area (Å²) in [5.74, 6) is -1.36. The number of rotatable bonds is 16. The first-order valence-corrected chi connectivity index (χ1v) is 16.5. The van der Waals surface area contributed by atoms with Crippen molar-refractivity contribution in [1.29, 1.82) is 0 Å². The van der Waals surface area contributed by atoms with Gasteiger partial charge in [0.05, 0.1) is 29.2 Å². The largest absolute Gasteiger partial charge is 0.394 e. The van der Waals surface area contributed by atoms with E-state index >= 15 is 0 Å². The molecule has 3 amide bonds. The molecule has 39 heavy (non-hydrogen) atoms. The molecule has 3 unspecified atom stereocenters. The maximum absolute atomic E-state index is 14.5. The Kier molecular flexibility index (Phi) is 11.6. The maximum Gasteiger partial charge on any atom is 0.247 e. The standard InChI is InChI=1S/C30H48BrN3O4S/c1-7-12-13-17-33(16-10-4)29(38)26-30-18-21(31)25(39-30)23(27(36)32(14-8-2)15-9-3)24(30)28(37)34(26)22(19-35)20(6)11-5/h8,10,20-26,35H,2,4,7,9,11-19H2,1,3,5-6H3/t20-,21?,22-,23-,24-,25-,26?,30?/m0/s1. The van der Waals surface area contributed by atoms with Crippen LogP contribution in [0, 0.1) is 17.8 Å². The van der Waals surface area contributed by atoms with Crippen LogP contribution in [0.4, 0.5) is 0 Å². The van der Waals surface area contributed by atoms with E-state index in [2.05, 4.69) is 36.0 Å². The van der Waals surface area contributed by atoms with Crippen molar-refractivity contribution in [3.63, 3.8) is 0 Å². The first kappa shape index (κ1) is 32.2. The SMILES string of the molecule is C=CCN(CCCCC)C(=O)C1N([C@@H](CO)[C@@H](C)CC)C(=O)[C@@H]2[C@H](C(=O)N(CC=C)CCC)[C@H]3SC12CC3Br. The second-order valence-electron chi connectivity index (χ2n) is 11.4. The molecule has 0 aromatic heterocycles. The van der Waals surface area contributed by atoms with Crippen LogP contribution < -0.4 is 0 Å². The van der Waals surface area contributed by atoms with Crippen LogP contribution >= 0.6 is 27.7 Å². The number of likely N-dealkylation sites (tertiary alicyclic amines) is 1. The Morgan fingerprint density at radius 1 is 1.13 bits per heavy atom. The van der Waals surface area contributed by atoms with Crippen LogP contribution in [0.25, 0.3) is 0 Å². The molecule has 0 saturated carbocycles. The van der Waals surface area contributed by atoms with Crippen LogP contribution in [0.15, 0.2) is 25.3 Å². The van der Waals surface area contributed by atoms with E-state index in [9.17, 15) is 19.5 Å². The molecule has 3 heterocycles. The molecular formula is C30H48BrN3O4S. The number of hydrogen-bond acceptors (Lipinski definition) is 5. The lowest BCUT2D eigenvalue weighted by Gasteiger charge is -2.41. The van der Waals surface area contributed by atoms with Gasteiger partial charge in [-0.3, -0.25) is 14.4 Å². The van der Waals surface area contributed by atoms with Crippen LogP contribution in [-0.2, 0) is 14.4 Å². The first-order valence-electron chi connectivity index (χ1n) is 14.7. The third kappa shape index (κ3) is 5.87. The summed E-state index contributed by atoms with van der Waals surface area (Å²) in [4.78, 5) is 48.5. The highest BCUT2D eigenvalue weighted by Gasteiger charge is 2.76. The Labute approximate surface area is 247 Å². The molecule has 9 heteroatoms. The molecule has 1 N–H and O–H groups in total. The number of halogens is 1. The van der Waals surface area contributed by atoms with E-state index in [-0.39, 0.29) is 40.3 Å². The molecule has 0 aromatic carbocycles. The number of hydrogen-bond donors (Lipinski definition) is 1. The van der Waals surface area contributed by atoms with E-state index in [1.165, 1.54) is 0 Å². The third-order valence-corrected chi connectivity index (χ3v) is 12.2. The molecule has 0 aliphatic carbocycles. The van der Waals surface area contributed by atoms with Crippen LogP contribution in [0.2, 0.25) is 0 Å². The highest BCUT2D eigenvalue weighted by molar-refractivity contribution is 9.09. The lowest BCUT2D eigenvalue weighted by molar-refractivity contribution is -0.148. The van der Waals surface area contributed by atoms with Crippen LogP contribution in [-0.4, -0.2) is 97.2 Å². The third-order valence-electron chi connectivity index (χ3n) is 8.94. The second kappa shape index (κ2) is 14.0. The van der Waals surface area contributed by atoms with Crippen molar-refractivity contribution in [2.24, 2.45) is 17.8 Å². The summed E-state index contributed by atoms with van der Waals surface area (Å²) in [6.07, 6.45) is 8.64. The number of amides is 3. The number of alkyl halides is 1. The van der Waals surface area contributed by atoms with Crippen molar-refractivity contribution in [3.05, 3.63) is 25.3 Å². The summed E-state index contributed by atoms with van der Waals surface area (Å²) in [7, 11) is 0. The van der Waals surface area contributed by atoms with Gasteiger partial charge in [0.1, 0.15) is 6.04 Å². The van der Waals surface area contributed by atoms with Gasteiger partial charge in [0, 0.05) is 36.3 Å². The minimum absolute atomic E-state index is 0.00546. The number of unbranched alkanes of at least 4 members (excludes halogenated alkanes) is 2. The van der Waals surface area contributed by atoms with Gasteiger partial charge in [0.25, 0.3) is 0 Å². The monoisotopic (exact) mass is 625 g/mol. The summed E-state index contributed by atoms with van der Waals surface area (Å²) in [5.41, 5.74) is 0. The zero-order chi connectivity index (χ0) is 28.9. The molecule has 3 rings (SSSR count). The summed E-state index contributed by atoms with van der Waals surface area (Å²) in [6.45, 7) is 17.8. The predicted molar refractivity (Wildman–Crippen MR) is 163 cm³/mol. The topological polar surface area (TPSA) is 81.2 Å². The molecule has 3 aliphatic heterocycles. The van der Waals surface area contributed by atoms with Gasteiger partial charge in [-0.1, -0.05) is 75.0 Å². The van der Waals surface area contributed by atoms with Crippen molar-refractivity contribution in [2.75, 3.05) is 32.8 Å². The highest BCUT2D eigenvalue weighted by Crippen LogP contribution is 2.68. The van der Waals surface area contributed by atoms with Gasteiger partial charge in [-0.25, -0.2) is 0 Å². The van der Waals surface area contributed by atoms with Crippen LogP contribution in [0.1, 0.15) is 66.2 Å². The lowest BCUT2D eigenvalue weighted by Crippen LogP contribution is -2.59. The quantitative estimate of drug-likeness (QED) is 0.155. The van der Waals surface area contributed by atoms with E-state index in [0.29, 0.717) is 32.6 Å². The fourth-order valence-electron chi connectivity index (χ4n) is 6.90. The number of aliphatic hydroxyl groups is 1. The second-order valence-corrected chi connectivity index (χ2v) is 14.1. The number of carbonyl (C=O) groups excluding carboxylic acids is 3. The van der Waals surface area contributed by atoms with Gasteiger partial charge in [-0.15, -0.1) is 24.9 Å². The Hall–Kier alpha value is -1.32. The molecule has 3 saturated heterocycles. The molecule has 2 bridgehead atoms. The van der Waals surface area contributed by atoms with Gasteiger partial charge in [-0.05, 0) is 25.2 Å².